The molecule has 3 rings (SSSR count). The summed E-state index contributed by atoms with van der Waals surface area (Å²) >= 11 is 1.70. The van der Waals surface area contributed by atoms with E-state index in [0.29, 0.717) is 5.92 Å². The molecule has 0 radical (unpaired) electrons. The number of hydrogen-bond acceptors (Lipinski definition) is 6. The third-order valence-corrected chi connectivity index (χ3v) is 4.48. The molecule has 6 heteroatoms. The third-order valence-electron chi connectivity index (χ3n) is 3.65. The van der Waals surface area contributed by atoms with Crippen LogP contribution in [0, 0.1) is 6.92 Å². The highest BCUT2D eigenvalue weighted by Crippen LogP contribution is 2.32. The molecule has 5 nitrogen and oxygen atoms in total. The highest BCUT2D eigenvalue weighted by molar-refractivity contribution is 7.09. The minimum absolute atomic E-state index is 0.247. The molecule has 108 valence electrons. The first-order valence-corrected chi connectivity index (χ1v) is 8.00. The minimum Gasteiger partial charge on any atom is -0.338 e. The van der Waals surface area contributed by atoms with Crippen molar-refractivity contribution in [1.82, 2.24) is 20.0 Å². The Hall–Kier alpha value is -1.27. The molecule has 1 fully saturated rings. The summed E-state index contributed by atoms with van der Waals surface area (Å²) in [4.78, 5) is 11.5. The number of rotatable bonds is 4. The van der Waals surface area contributed by atoms with Gasteiger partial charge in [0.05, 0.1) is 16.7 Å². The van der Waals surface area contributed by atoms with Crippen molar-refractivity contribution in [1.29, 1.82) is 0 Å². The predicted octanol–water partition coefficient (Wildman–Crippen LogP) is 3.30. The first kappa shape index (κ1) is 13.7. The Balaban J connectivity index is 1.74. The van der Waals surface area contributed by atoms with Gasteiger partial charge in [-0.2, -0.15) is 4.98 Å². The van der Waals surface area contributed by atoms with Crippen molar-refractivity contribution in [3.05, 3.63) is 27.8 Å². The first-order chi connectivity index (χ1) is 9.63. The van der Waals surface area contributed by atoms with Crippen LogP contribution in [0.25, 0.3) is 0 Å². The second kappa shape index (κ2) is 5.61. The first-order valence-electron chi connectivity index (χ1n) is 7.12. The van der Waals surface area contributed by atoms with Crippen molar-refractivity contribution in [2.24, 2.45) is 0 Å². The lowest BCUT2D eigenvalue weighted by molar-refractivity contribution is 0.199. The van der Waals surface area contributed by atoms with E-state index < -0.39 is 0 Å². The summed E-state index contributed by atoms with van der Waals surface area (Å²) in [5.74, 6) is 1.87. The zero-order valence-corrected chi connectivity index (χ0v) is 13.0. The molecule has 1 saturated heterocycles. The number of hydrogen-bond donors (Lipinski definition) is 0. The topological polar surface area (TPSA) is 55.1 Å². The molecule has 0 unspecified atom stereocenters. The van der Waals surface area contributed by atoms with Gasteiger partial charge >= 0.3 is 0 Å². The van der Waals surface area contributed by atoms with E-state index in [9.17, 15) is 0 Å². The van der Waals surface area contributed by atoms with Gasteiger partial charge in [-0.1, -0.05) is 19.0 Å². The molecular formula is C14H20N4OS. The van der Waals surface area contributed by atoms with Gasteiger partial charge in [-0.05, 0) is 26.3 Å². The van der Waals surface area contributed by atoms with E-state index in [0.717, 1.165) is 41.9 Å². The van der Waals surface area contributed by atoms with E-state index in [2.05, 4.69) is 39.3 Å². The second-order valence-corrected chi connectivity index (χ2v) is 6.69. The van der Waals surface area contributed by atoms with Crippen LogP contribution < -0.4 is 0 Å². The summed E-state index contributed by atoms with van der Waals surface area (Å²) in [7, 11) is 0. The van der Waals surface area contributed by atoms with Gasteiger partial charge in [0.25, 0.3) is 0 Å². The van der Waals surface area contributed by atoms with Gasteiger partial charge in [-0.3, -0.25) is 4.90 Å². The summed E-state index contributed by atoms with van der Waals surface area (Å²) in [6.45, 7) is 8.15. The monoisotopic (exact) mass is 292 g/mol. The van der Waals surface area contributed by atoms with E-state index in [4.69, 9.17) is 4.52 Å². The normalized spacial score (nSPS) is 20.1. The summed E-state index contributed by atoms with van der Waals surface area (Å²) < 4.78 is 5.46. The fourth-order valence-electron chi connectivity index (χ4n) is 2.60. The molecule has 1 aliphatic heterocycles. The lowest BCUT2D eigenvalue weighted by Gasteiger charge is -2.20. The van der Waals surface area contributed by atoms with Gasteiger partial charge in [-0.25, -0.2) is 4.98 Å². The van der Waals surface area contributed by atoms with Gasteiger partial charge in [0.1, 0.15) is 0 Å². The molecule has 0 N–H and O–H groups in total. The molecule has 0 aliphatic carbocycles. The van der Waals surface area contributed by atoms with Crippen molar-refractivity contribution >= 4 is 11.3 Å². The lowest BCUT2D eigenvalue weighted by Crippen LogP contribution is -2.23. The van der Waals surface area contributed by atoms with Gasteiger partial charge in [0, 0.05) is 17.8 Å². The maximum atomic E-state index is 5.46. The number of thiazole rings is 1. The number of likely N-dealkylation sites (tertiary alicyclic amines) is 1. The second-order valence-electron chi connectivity index (χ2n) is 5.63. The van der Waals surface area contributed by atoms with Gasteiger partial charge in [-0.15, -0.1) is 11.3 Å². The van der Waals surface area contributed by atoms with E-state index in [-0.39, 0.29) is 6.04 Å². The molecule has 0 spiro atoms. The predicted molar refractivity (Wildman–Crippen MR) is 77.6 cm³/mol. The molecule has 2 aromatic rings. The highest BCUT2D eigenvalue weighted by atomic mass is 32.1. The van der Waals surface area contributed by atoms with Crippen molar-refractivity contribution in [3.63, 3.8) is 0 Å². The Bertz CT molecular complexity index is 577. The van der Waals surface area contributed by atoms with Gasteiger partial charge in [0.2, 0.25) is 5.89 Å². The zero-order chi connectivity index (χ0) is 14.1. The van der Waals surface area contributed by atoms with Crippen LogP contribution >= 0.6 is 11.3 Å². The molecule has 2 aromatic heterocycles. The van der Waals surface area contributed by atoms with Gasteiger partial charge < -0.3 is 4.52 Å². The maximum absolute atomic E-state index is 5.46. The maximum Gasteiger partial charge on any atom is 0.244 e. The fourth-order valence-corrected chi connectivity index (χ4v) is 3.20. The molecule has 20 heavy (non-hydrogen) atoms. The van der Waals surface area contributed by atoms with Crippen LogP contribution in [0.5, 0.6) is 0 Å². The SMILES string of the molecule is Cc1nc(CN2CCC[C@@H]2c2nc(C(C)C)no2)cs1. The standard InChI is InChI=1S/C14H20N4OS/c1-9(2)13-16-14(19-17-13)12-5-4-6-18(12)7-11-8-20-10(3)15-11/h8-9,12H,4-7H2,1-3H3/t12-/m1/s1. The Labute approximate surface area is 123 Å². The van der Waals surface area contributed by atoms with E-state index in [1.807, 2.05) is 6.92 Å². The molecule has 1 atom stereocenters. The summed E-state index contributed by atoms with van der Waals surface area (Å²) in [6.07, 6.45) is 2.26. The number of aryl methyl sites for hydroxylation is 1. The number of aromatic nitrogens is 3. The number of nitrogens with zero attached hydrogens (tertiary/aromatic N) is 4. The van der Waals surface area contributed by atoms with Crippen LogP contribution in [0.1, 0.15) is 61.1 Å². The van der Waals surface area contributed by atoms with E-state index in [1.165, 1.54) is 6.42 Å². The molecule has 0 amide bonds. The summed E-state index contributed by atoms with van der Waals surface area (Å²) in [6, 6.07) is 0.247. The average Bonchev–Trinajstić information content (AvgIpc) is 3.10. The molecule has 0 bridgehead atoms. The minimum atomic E-state index is 0.247. The largest absolute Gasteiger partial charge is 0.338 e. The molecule has 3 heterocycles. The molecular weight excluding hydrogens is 272 g/mol. The van der Waals surface area contributed by atoms with Gasteiger partial charge in [0.15, 0.2) is 5.82 Å². The fraction of sp³-hybridized carbons (Fsp3) is 0.643. The third kappa shape index (κ3) is 2.76. The smallest absolute Gasteiger partial charge is 0.244 e. The van der Waals surface area contributed by atoms with Crippen molar-refractivity contribution in [2.75, 3.05) is 6.54 Å². The van der Waals surface area contributed by atoms with E-state index in [1.54, 1.807) is 11.3 Å². The van der Waals surface area contributed by atoms with Crippen LogP contribution in [0.2, 0.25) is 0 Å². The molecule has 0 aromatic carbocycles. The van der Waals surface area contributed by atoms with Crippen LogP contribution in [0.15, 0.2) is 9.90 Å². The van der Waals surface area contributed by atoms with Crippen LogP contribution in [0.3, 0.4) is 0 Å². The quantitative estimate of drug-likeness (QED) is 0.865. The van der Waals surface area contributed by atoms with Crippen LogP contribution in [-0.4, -0.2) is 26.6 Å². The Morgan fingerprint density at radius 1 is 1.45 bits per heavy atom. The average molecular weight is 292 g/mol. The van der Waals surface area contributed by atoms with E-state index >= 15 is 0 Å². The summed E-state index contributed by atoms with van der Waals surface area (Å²) in [5, 5.41) is 7.34. The summed E-state index contributed by atoms with van der Waals surface area (Å²) in [5.41, 5.74) is 1.14. The van der Waals surface area contributed by atoms with Crippen molar-refractivity contribution in [2.45, 2.75) is 52.1 Å². The Kier molecular flexibility index (Phi) is 3.85. The molecule has 0 saturated carbocycles. The van der Waals surface area contributed by atoms with Crippen molar-refractivity contribution < 1.29 is 4.52 Å². The Morgan fingerprint density at radius 3 is 2.95 bits per heavy atom. The lowest BCUT2D eigenvalue weighted by atomic mass is 10.2. The Morgan fingerprint density at radius 2 is 2.30 bits per heavy atom. The van der Waals surface area contributed by atoms with Crippen molar-refractivity contribution in [3.8, 4) is 0 Å². The van der Waals surface area contributed by atoms with Crippen LogP contribution in [0.4, 0.5) is 0 Å². The highest BCUT2D eigenvalue weighted by Gasteiger charge is 2.31. The molecule has 1 aliphatic rings. The van der Waals surface area contributed by atoms with Crippen LogP contribution in [-0.2, 0) is 6.54 Å². The zero-order valence-electron chi connectivity index (χ0n) is 12.2.